The minimum absolute atomic E-state index is 0.0738. The van der Waals surface area contributed by atoms with Gasteiger partial charge in [-0.3, -0.25) is 4.79 Å². The van der Waals surface area contributed by atoms with Gasteiger partial charge in [-0.25, -0.2) is 8.42 Å². The Morgan fingerprint density at radius 1 is 1.38 bits per heavy atom. The third kappa shape index (κ3) is 4.38. The van der Waals surface area contributed by atoms with E-state index in [2.05, 4.69) is 5.32 Å². The topological polar surface area (TPSA) is 89.3 Å². The molecule has 7 heteroatoms. The average molecular weight is 328 g/mol. The zero-order chi connectivity index (χ0) is 15.5. The van der Waals surface area contributed by atoms with Crippen molar-refractivity contribution in [1.82, 2.24) is 0 Å². The normalized spacial score (nSPS) is 22.1. The number of primary amides is 1. The van der Waals surface area contributed by atoms with Crippen molar-refractivity contribution in [2.24, 2.45) is 5.73 Å². The number of nitrogens with one attached hydrogen (secondary N) is 1. The first-order valence-corrected chi connectivity index (χ1v) is 9.77. The molecule has 2 unspecified atom stereocenters. The third-order valence-corrected chi connectivity index (χ3v) is 6.36. The van der Waals surface area contributed by atoms with E-state index in [-0.39, 0.29) is 23.0 Å². The Morgan fingerprint density at radius 2 is 2.10 bits per heavy atom. The predicted molar refractivity (Wildman–Crippen MR) is 86.3 cm³/mol. The van der Waals surface area contributed by atoms with E-state index in [1.807, 2.05) is 24.3 Å². The Hall–Kier alpha value is -1.21. The van der Waals surface area contributed by atoms with Crippen molar-refractivity contribution in [2.75, 3.05) is 17.3 Å². The van der Waals surface area contributed by atoms with Gasteiger partial charge in [0.2, 0.25) is 5.91 Å². The van der Waals surface area contributed by atoms with Crippen LogP contribution in [-0.4, -0.2) is 37.6 Å². The van der Waals surface area contributed by atoms with Crippen LogP contribution < -0.4 is 11.1 Å². The molecule has 1 fully saturated rings. The van der Waals surface area contributed by atoms with E-state index >= 15 is 0 Å². The fourth-order valence-corrected chi connectivity index (χ4v) is 4.81. The molecule has 1 aliphatic rings. The van der Waals surface area contributed by atoms with E-state index in [0.717, 1.165) is 23.4 Å². The Morgan fingerprint density at radius 3 is 2.76 bits per heavy atom. The molecule has 2 rings (SSSR count). The summed E-state index contributed by atoms with van der Waals surface area (Å²) in [6.07, 6.45) is 3.75. The van der Waals surface area contributed by atoms with E-state index in [4.69, 9.17) is 5.73 Å². The van der Waals surface area contributed by atoms with Crippen molar-refractivity contribution < 1.29 is 13.2 Å². The van der Waals surface area contributed by atoms with Crippen LogP contribution in [0.3, 0.4) is 0 Å². The number of para-hydroxylation sites is 1. The number of hydrogen-bond acceptors (Lipinski definition) is 5. The lowest BCUT2D eigenvalue weighted by Gasteiger charge is -2.22. The number of benzene rings is 1. The molecule has 3 N–H and O–H groups in total. The second-order valence-electron chi connectivity index (χ2n) is 5.30. The molecule has 0 saturated heterocycles. The van der Waals surface area contributed by atoms with Crippen LogP contribution in [-0.2, 0) is 14.6 Å². The Labute approximate surface area is 129 Å². The molecule has 1 aromatic carbocycles. The average Bonchev–Trinajstić information content (AvgIpc) is 2.86. The van der Waals surface area contributed by atoms with Crippen molar-refractivity contribution in [3.63, 3.8) is 0 Å². The van der Waals surface area contributed by atoms with Gasteiger partial charge in [-0.05, 0) is 31.4 Å². The molecule has 2 atom stereocenters. The van der Waals surface area contributed by atoms with E-state index in [9.17, 15) is 13.2 Å². The zero-order valence-corrected chi connectivity index (χ0v) is 13.5. The molecule has 0 aromatic heterocycles. The monoisotopic (exact) mass is 328 g/mol. The molecule has 0 heterocycles. The number of carbonyl (C=O) groups is 1. The molecule has 5 nitrogen and oxygen atoms in total. The number of carbonyl (C=O) groups excluding carboxylic acids is 1. The summed E-state index contributed by atoms with van der Waals surface area (Å²) in [4.78, 5) is 11.8. The van der Waals surface area contributed by atoms with E-state index in [1.54, 1.807) is 0 Å². The van der Waals surface area contributed by atoms with Gasteiger partial charge in [0.1, 0.15) is 0 Å². The maximum absolute atomic E-state index is 11.8. The van der Waals surface area contributed by atoms with E-state index in [1.165, 1.54) is 18.0 Å². The zero-order valence-electron chi connectivity index (χ0n) is 11.9. The summed E-state index contributed by atoms with van der Waals surface area (Å²) in [7, 11) is -3.05. The van der Waals surface area contributed by atoms with Crippen molar-refractivity contribution in [1.29, 1.82) is 0 Å². The van der Waals surface area contributed by atoms with Crippen molar-refractivity contribution in [3.8, 4) is 0 Å². The minimum atomic E-state index is -3.05. The van der Waals surface area contributed by atoms with Crippen LogP contribution in [0.1, 0.15) is 19.3 Å². The van der Waals surface area contributed by atoms with E-state index in [0.29, 0.717) is 6.42 Å². The van der Waals surface area contributed by atoms with Crippen LogP contribution in [0.25, 0.3) is 0 Å². The first-order chi connectivity index (χ1) is 9.88. The highest BCUT2D eigenvalue weighted by Gasteiger charge is 2.34. The van der Waals surface area contributed by atoms with Crippen LogP contribution >= 0.6 is 11.8 Å². The number of thioether (sulfide) groups is 1. The molecular weight excluding hydrogens is 308 g/mol. The van der Waals surface area contributed by atoms with Crippen LogP contribution in [0.4, 0.5) is 5.69 Å². The van der Waals surface area contributed by atoms with Crippen LogP contribution in [0.5, 0.6) is 0 Å². The summed E-state index contributed by atoms with van der Waals surface area (Å²) >= 11 is 1.36. The Kier molecular flexibility index (Phi) is 5.16. The number of amides is 1. The molecule has 116 valence electrons. The van der Waals surface area contributed by atoms with Crippen molar-refractivity contribution in [3.05, 3.63) is 24.3 Å². The maximum atomic E-state index is 11.8. The standard InChI is InChI=1S/C14H20N2O3S2/c1-21(18,19)13-8-4-6-11(13)16-10-5-2-3-7-12(10)20-9-14(15)17/h2-3,5,7,11,13,16H,4,6,8-9H2,1H3,(H2,15,17). The SMILES string of the molecule is CS(=O)(=O)C1CCCC1Nc1ccccc1SCC(N)=O. The Bertz CT molecular complexity index is 616. The highest BCUT2D eigenvalue weighted by Crippen LogP contribution is 2.32. The van der Waals surface area contributed by atoms with Gasteiger partial charge in [-0.15, -0.1) is 11.8 Å². The minimum Gasteiger partial charge on any atom is -0.380 e. The fraction of sp³-hybridized carbons (Fsp3) is 0.500. The predicted octanol–water partition coefficient (Wildman–Crippen LogP) is 1.64. The summed E-state index contributed by atoms with van der Waals surface area (Å²) in [6, 6.07) is 7.51. The highest BCUT2D eigenvalue weighted by molar-refractivity contribution is 8.00. The van der Waals surface area contributed by atoms with Gasteiger partial charge in [-0.2, -0.15) is 0 Å². The molecule has 1 saturated carbocycles. The molecule has 0 aliphatic heterocycles. The van der Waals surface area contributed by atoms with Crippen LogP contribution in [0.2, 0.25) is 0 Å². The first-order valence-electron chi connectivity index (χ1n) is 6.83. The first kappa shape index (κ1) is 16.2. The molecular formula is C14H20N2O3S2. The second kappa shape index (κ2) is 6.70. The van der Waals surface area contributed by atoms with Gasteiger partial charge in [-0.1, -0.05) is 12.1 Å². The van der Waals surface area contributed by atoms with Gasteiger partial charge in [0, 0.05) is 22.9 Å². The third-order valence-electron chi connectivity index (χ3n) is 3.60. The summed E-state index contributed by atoms with van der Waals surface area (Å²) in [6.45, 7) is 0. The van der Waals surface area contributed by atoms with Crippen LogP contribution in [0.15, 0.2) is 29.2 Å². The van der Waals surface area contributed by atoms with Gasteiger partial charge in [0.15, 0.2) is 9.84 Å². The molecule has 1 aromatic rings. The smallest absolute Gasteiger partial charge is 0.227 e. The lowest BCUT2D eigenvalue weighted by atomic mass is 10.2. The number of hydrogen-bond donors (Lipinski definition) is 2. The summed E-state index contributed by atoms with van der Waals surface area (Å²) < 4.78 is 23.7. The molecule has 1 amide bonds. The van der Waals surface area contributed by atoms with Gasteiger partial charge in [0.25, 0.3) is 0 Å². The molecule has 0 spiro atoms. The summed E-state index contributed by atoms with van der Waals surface area (Å²) in [5, 5.41) is 3.00. The number of sulfone groups is 1. The van der Waals surface area contributed by atoms with Crippen molar-refractivity contribution in [2.45, 2.75) is 35.4 Å². The lowest BCUT2D eigenvalue weighted by Crippen LogP contribution is -2.34. The number of rotatable bonds is 6. The second-order valence-corrected chi connectivity index (χ2v) is 8.58. The van der Waals surface area contributed by atoms with Gasteiger partial charge >= 0.3 is 0 Å². The number of anilines is 1. The fourth-order valence-electron chi connectivity index (χ4n) is 2.66. The molecule has 21 heavy (non-hydrogen) atoms. The largest absolute Gasteiger partial charge is 0.380 e. The van der Waals surface area contributed by atoms with Gasteiger partial charge in [0.05, 0.1) is 11.0 Å². The molecule has 1 aliphatic carbocycles. The quantitative estimate of drug-likeness (QED) is 0.775. The highest BCUT2D eigenvalue weighted by atomic mass is 32.2. The Balaban J connectivity index is 2.14. The summed E-state index contributed by atoms with van der Waals surface area (Å²) in [5.74, 6) is -0.163. The van der Waals surface area contributed by atoms with Crippen LogP contribution in [0, 0.1) is 0 Å². The molecule has 0 bridgehead atoms. The van der Waals surface area contributed by atoms with Crippen molar-refractivity contribution >= 4 is 33.2 Å². The van der Waals surface area contributed by atoms with E-state index < -0.39 is 9.84 Å². The lowest BCUT2D eigenvalue weighted by molar-refractivity contribution is -0.115. The van der Waals surface area contributed by atoms with Gasteiger partial charge < -0.3 is 11.1 Å². The maximum Gasteiger partial charge on any atom is 0.227 e. The molecule has 0 radical (unpaired) electrons. The summed E-state index contributed by atoms with van der Waals surface area (Å²) in [5.41, 5.74) is 6.04. The number of nitrogens with two attached hydrogens (primary N) is 1.